The molecular weight excluding hydrogens is 923 g/mol. The van der Waals surface area contributed by atoms with Gasteiger partial charge in [0, 0.05) is 6.42 Å². The fourth-order valence-electron chi connectivity index (χ4n) is 10.2. The van der Waals surface area contributed by atoms with Crippen molar-refractivity contribution < 1.29 is 39.8 Å². The molecule has 0 aliphatic carbocycles. The van der Waals surface area contributed by atoms with Crippen LogP contribution in [0.2, 0.25) is 0 Å². The van der Waals surface area contributed by atoms with E-state index in [-0.39, 0.29) is 12.5 Å². The van der Waals surface area contributed by atoms with E-state index in [9.17, 15) is 30.3 Å². The van der Waals surface area contributed by atoms with Crippen molar-refractivity contribution in [3.63, 3.8) is 0 Å². The molecule has 9 heteroatoms. The number of carbonyl (C=O) groups excluding carboxylic acids is 1. The highest BCUT2D eigenvalue weighted by molar-refractivity contribution is 5.76. The first-order chi connectivity index (χ1) is 36.3. The Morgan fingerprint density at radius 1 is 0.473 bits per heavy atom. The van der Waals surface area contributed by atoms with Gasteiger partial charge in [-0.05, 0) is 51.4 Å². The summed E-state index contributed by atoms with van der Waals surface area (Å²) in [7, 11) is 0. The van der Waals surface area contributed by atoms with Crippen molar-refractivity contribution in [2.45, 2.75) is 346 Å². The number of aliphatic hydroxyl groups excluding tert-OH is 5. The minimum Gasteiger partial charge on any atom is -0.394 e. The third-order valence-corrected chi connectivity index (χ3v) is 15.2. The number of nitrogens with one attached hydrogen (secondary N) is 1. The maximum Gasteiger partial charge on any atom is 0.220 e. The van der Waals surface area contributed by atoms with Gasteiger partial charge in [0.15, 0.2) is 6.29 Å². The summed E-state index contributed by atoms with van der Waals surface area (Å²) in [6, 6.07) is -0.718. The van der Waals surface area contributed by atoms with Gasteiger partial charge in [0.2, 0.25) is 5.91 Å². The number of carbonyl (C=O) groups is 1. The molecule has 1 aliphatic heterocycles. The van der Waals surface area contributed by atoms with E-state index in [1.54, 1.807) is 0 Å². The van der Waals surface area contributed by atoms with E-state index < -0.39 is 49.5 Å². The molecule has 6 N–H and O–H groups in total. The largest absolute Gasteiger partial charge is 0.394 e. The van der Waals surface area contributed by atoms with Gasteiger partial charge >= 0.3 is 0 Å². The molecule has 1 amide bonds. The number of ether oxygens (including phenoxy) is 2. The van der Waals surface area contributed by atoms with Crippen LogP contribution in [0.5, 0.6) is 0 Å². The molecule has 7 unspecified atom stereocenters. The minimum absolute atomic E-state index is 0.135. The Balaban J connectivity index is 2.10. The van der Waals surface area contributed by atoms with Crippen molar-refractivity contribution in [3.8, 4) is 0 Å². The Hall–Kier alpha value is -1.85. The molecule has 1 saturated heterocycles. The zero-order chi connectivity index (χ0) is 53.6. The smallest absolute Gasteiger partial charge is 0.220 e. The number of hydrogen-bond acceptors (Lipinski definition) is 8. The average molecular weight is 1040 g/mol. The molecule has 9 nitrogen and oxygen atoms in total. The van der Waals surface area contributed by atoms with Crippen molar-refractivity contribution in [2.24, 2.45) is 0 Å². The van der Waals surface area contributed by atoms with Crippen molar-refractivity contribution in [2.75, 3.05) is 13.2 Å². The van der Waals surface area contributed by atoms with Gasteiger partial charge in [-0.3, -0.25) is 4.79 Å². The normalized spacial score (nSPS) is 19.3. The Morgan fingerprint density at radius 2 is 0.838 bits per heavy atom. The van der Waals surface area contributed by atoms with Gasteiger partial charge in [-0.15, -0.1) is 0 Å². The van der Waals surface area contributed by atoms with Crippen molar-refractivity contribution in [1.29, 1.82) is 0 Å². The highest BCUT2D eigenvalue weighted by atomic mass is 16.7. The van der Waals surface area contributed by atoms with Gasteiger partial charge in [0.25, 0.3) is 0 Å². The van der Waals surface area contributed by atoms with Gasteiger partial charge < -0.3 is 40.3 Å². The lowest BCUT2D eigenvalue weighted by molar-refractivity contribution is -0.302. The van der Waals surface area contributed by atoms with E-state index in [0.29, 0.717) is 12.8 Å². The topological polar surface area (TPSA) is 149 Å². The number of allylic oxidation sites excluding steroid dienone is 8. The van der Waals surface area contributed by atoms with Crippen LogP contribution in [0.25, 0.3) is 0 Å². The minimum atomic E-state index is -1.55. The third kappa shape index (κ3) is 43.2. The fraction of sp³-hybridized carbons (Fsp3) is 0.862. The summed E-state index contributed by atoms with van der Waals surface area (Å²) < 4.78 is 11.3. The summed E-state index contributed by atoms with van der Waals surface area (Å²) >= 11 is 0. The predicted octanol–water partition coefficient (Wildman–Crippen LogP) is 16.5. The van der Waals surface area contributed by atoms with Gasteiger partial charge in [0.1, 0.15) is 24.4 Å². The highest BCUT2D eigenvalue weighted by Gasteiger charge is 2.44. The average Bonchev–Trinajstić information content (AvgIpc) is 3.40. The zero-order valence-electron chi connectivity index (χ0n) is 48.4. The summed E-state index contributed by atoms with van der Waals surface area (Å²) in [6.07, 6.45) is 65.9. The second-order valence-electron chi connectivity index (χ2n) is 22.2. The first kappa shape index (κ1) is 70.2. The van der Waals surface area contributed by atoms with Crippen LogP contribution < -0.4 is 5.32 Å². The third-order valence-electron chi connectivity index (χ3n) is 15.2. The molecular formula is C65H121NO8. The fourth-order valence-corrected chi connectivity index (χ4v) is 10.2. The van der Waals surface area contributed by atoms with E-state index in [4.69, 9.17) is 9.47 Å². The molecule has 1 rings (SSSR count). The molecule has 0 saturated carbocycles. The first-order valence-corrected chi connectivity index (χ1v) is 31.8. The second kappa shape index (κ2) is 54.5. The number of amides is 1. The summed E-state index contributed by atoms with van der Waals surface area (Å²) in [6.45, 7) is 3.76. The molecule has 1 heterocycles. The molecule has 74 heavy (non-hydrogen) atoms. The van der Waals surface area contributed by atoms with Crippen LogP contribution in [0.4, 0.5) is 0 Å². The van der Waals surface area contributed by atoms with Crippen LogP contribution in [0.3, 0.4) is 0 Å². The Labute approximate surface area is 456 Å². The number of aliphatic hydroxyl groups is 5. The molecule has 1 fully saturated rings. The highest BCUT2D eigenvalue weighted by Crippen LogP contribution is 2.23. The number of rotatable bonds is 55. The van der Waals surface area contributed by atoms with Crippen LogP contribution in [0, 0.1) is 0 Å². The van der Waals surface area contributed by atoms with Crippen molar-refractivity contribution in [3.05, 3.63) is 48.6 Å². The molecule has 0 spiro atoms. The van der Waals surface area contributed by atoms with Crippen LogP contribution in [-0.2, 0) is 14.3 Å². The Bertz CT molecular complexity index is 1300. The second-order valence-corrected chi connectivity index (χ2v) is 22.2. The maximum atomic E-state index is 13.1. The Kier molecular flexibility index (Phi) is 51.7. The monoisotopic (exact) mass is 1040 g/mol. The molecule has 0 aromatic rings. The van der Waals surface area contributed by atoms with Crippen LogP contribution in [-0.4, -0.2) is 87.5 Å². The standard InChI is InChI=1S/C65H121NO8/c1-3-5-7-9-11-13-15-17-19-21-23-24-25-26-27-28-29-30-31-32-33-34-35-36-37-39-41-43-45-47-49-51-53-55-61(69)66-58(57-73-65-64(72)63(71)62(70)60(56-67)74-65)59(68)54-52-50-48-46-44-42-40-38-22-20-18-16-14-12-10-8-6-4-2/h5,7,11,13,17,19,23-24,58-60,62-65,67-68,70-72H,3-4,6,8-10,12,14-16,18,20-22,25-57H2,1-2H3,(H,66,69)/b7-5-,13-11-,19-17-,24-23-. The van der Waals surface area contributed by atoms with Crippen LogP contribution in [0.1, 0.15) is 303 Å². The molecule has 7 atom stereocenters. The van der Waals surface area contributed by atoms with Gasteiger partial charge in [-0.1, -0.05) is 294 Å². The van der Waals surface area contributed by atoms with Gasteiger partial charge in [0.05, 0.1) is 25.4 Å². The number of unbranched alkanes of at least 4 members (excludes halogenated alkanes) is 37. The lowest BCUT2D eigenvalue weighted by Crippen LogP contribution is -2.60. The summed E-state index contributed by atoms with van der Waals surface area (Å²) in [5, 5.41) is 54.8. The molecule has 1 aliphatic rings. The lowest BCUT2D eigenvalue weighted by Gasteiger charge is -2.40. The van der Waals surface area contributed by atoms with Crippen molar-refractivity contribution >= 4 is 5.91 Å². The SMILES string of the molecule is CC/C=C\C/C=C\C/C=C\C/C=C\CCCCCCCCCCCCCCCCCCCCCCC(=O)NC(COC1OC(CO)C(O)C(O)C1O)C(O)CCCCCCCCCCCCCCCCCCCC. The lowest BCUT2D eigenvalue weighted by atomic mass is 9.99. The van der Waals surface area contributed by atoms with E-state index in [0.717, 1.165) is 64.2 Å². The molecule has 0 aromatic carbocycles. The van der Waals surface area contributed by atoms with E-state index in [1.165, 1.54) is 212 Å². The summed E-state index contributed by atoms with van der Waals surface area (Å²) in [5.74, 6) is -0.139. The summed E-state index contributed by atoms with van der Waals surface area (Å²) in [5.41, 5.74) is 0. The maximum absolute atomic E-state index is 13.1. The number of hydrogen-bond donors (Lipinski definition) is 6. The Morgan fingerprint density at radius 3 is 1.24 bits per heavy atom. The molecule has 0 bridgehead atoms. The van der Waals surface area contributed by atoms with Gasteiger partial charge in [-0.2, -0.15) is 0 Å². The first-order valence-electron chi connectivity index (χ1n) is 31.8. The van der Waals surface area contributed by atoms with E-state index in [2.05, 4.69) is 67.8 Å². The molecule has 434 valence electrons. The van der Waals surface area contributed by atoms with E-state index >= 15 is 0 Å². The van der Waals surface area contributed by atoms with E-state index in [1.807, 2.05) is 0 Å². The summed E-state index contributed by atoms with van der Waals surface area (Å²) in [4.78, 5) is 13.1. The van der Waals surface area contributed by atoms with Crippen LogP contribution in [0.15, 0.2) is 48.6 Å². The zero-order valence-corrected chi connectivity index (χ0v) is 48.4. The van der Waals surface area contributed by atoms with Crippen molar-refractivity contribution in [1.82, 2.24) is 5.32 Å². The molecule has 0 radical (unpaired) electrons. The van der Waals surface area contributed by atoms with Crippen LogP contribution >= 0.6 is 0 Å². The predicted molar refractivity (Wildman–Crippen MR) is 313 cm³/mol. The molecule has 0 aromatic heterocycles. The quantitative estimate of drug-likeness (QED) is 0.0261. The van der Waals surface area contributed by atoms with Gasteiger partial charge in [-0.25, -0.2) is 0 Å².